The Morgan fingerprint density at radius 1 is 0.840 bits per heavy atom. The Hall–Kier alpha value is -2.80. The summed E-state index contributed by atoms with van der Waals surface area (Å²) < 4.78 is 32.5. The Bertz CT molecular complexity index is 728. The highest BCUT2D eigenvalue weighted by Gasteiger charge is 2.29. The van der Waals surface area contributed by atoms with Gasteiger partial charge in [0.1, 0.15) is 11.6 Å². The van der Waals surface area contributed by atoms with Crippen LogP contribution >= 0.6 is 0 Å². The summed E-state index contributed by atoms with van der Waals surface area (Å²) in [5.74, 6) is -0.760. The summed E-state index contributed by atoms with van der Waals surface area (Å²) in [7, 11) is 0. The van der Waals surface area contributed by atoms with E-state index in [0.717, 1.165) is 16.8 Å². The fourth-order valence-electron chi connectivity index (χ4n) is 2.76. The Morgan fingerprint density at radius 2 is 1.28 bits per heavy atom. The Labute approximate surface area is 144 Å². The first kappa shape index (κ1) is 17.0. The molecular weight excluding hydrogens is 326 g/mol. The lowest BCUT2D eigenvalue weighted by Gasteiger charge is -2.31. The number of guanidine groups is 1. The molecule has 25 heavy (non-hydrogen) atoms. The molecule has 1 aliphatic heterocycles. The van der Waals surface area contributed by atoms with Crippen molar-refractivity contribution in [3.63, 3.8) is 0 Å². The molecule has 0 spiro atoms. The average Bonchev–Trinajstić information content (AvgIpc) is 2.61. The number of rotatable bonds is 3. The first-order chi connectivity index (χ1) is 12.0. The molecule has 1 heterocycles. The number of nitrogens with two attached hydrogens (primary N) is 2. The Morgan fingerprint density at radius 3 is 1.68 bits per heavy atom. The molecule has 0 unspecified atom stereocenters. The molecule has 7 heteroatoms. The summed E-state index contributed by atoms with van der Waals surface area (Å²) >= 11 is 0. The van der Waals surface area contributed by atoms with E-state index >= 15 is 0 Å². The van der Waals surface area contributed by atoms with E-state index in [1.54, 1.807) is 24.3 Å². The van der Waals surface area contributed by atoms with Crippen LogP contribution in [0, 0.1) is 11.6 Å². The zero-order valence-electron chi connectivity index (χ0n) is 13.4. The van der Waals surface area contributed by atoms with Gasteiger partial charge in [0.25, 0.3) is 0 Å². The predicted octanol–water partition coefficient (Wildman–Crippen LogP) is 3.19. The molecule has 0 aliphatic carbocycles. The van der Waals surface area contributed by atoms with Crippen molar-refractivity contribution in [1.29, 1.82) is 0 Å². The van der Waals surface area contributed by atoms with Gasteiger partial charge in [0, 0.05) is 18.6 Å². The van der Waals surface area contributed by atoms with Crippen LogP contribution in [0.2, 0.25) is 0 Å². The van der Waals surface area contributed by atoms with Crippen LogP contribution in [0.1, 0.15) is 36.2 Å². The minimum absolute atomic E-state index is 0.129. The molecule has 0 bridgehead atoms. The van der Waals surface area contributed by atoms with Gasteiger partial charge in [-0.3, -0.25) is 0 Å². The maximum Gasteiger partial charge on any atom is 0.211 e. The third-order valence-corrected chi connectivity index (χ3v) is 3.96. The summed E-state index contributed by atoms with van der Waals surface area (Å²) in [5.41, 5.74) is 13.1. The number of hydrogen-bond acceptors (Lipinski definition) is 3. The van der Waals surface area contributed by atoms with E-state index in [9.17, 15) is 8.78 Å². The van der Waals surface area contributed by atoms with Crippen molar-refractivity contribution < 1.29 is 13.5 Å². The fourth-order valence-corrected chi connectivity index (χ4v) is 2.76. The topological polar surface area (TPSA) is 86.0 Å². The lowest BCUT2D eigenvalue weighted by molar-refractivity contribution is -0.0208. The van der Waals surface area contributed by atoms with E-state index in [1.807, 2.05) is 0 Å². The molecule has 0 amide bonds. The van der Waals surface area contributed by atoms with Gasteiger partial charge in [-0.05, 0) is 35.4 Å². The highest BCUT2D eigenvalue weighted by atomic mass is 19.1. The van der Waals surface area contributed by atoms with Crippen molar-refractivity contribution >= 4 is 11.7 Å². The molecule has 1 fully saturated rings. The van der Waals surface area contributed by atoms with E-state index in [4.69, 9.17) is 16.2 Å². The van der Waals surface area contributed by atoms with Gasteiger partial charge in [-0.1, -0.05) is 24.3 Å². The molecule has 0 radical (unpaired) electrons. The molecule has 0 saturated carbocycles. The van der Waals surface area contributed by atoms with Crippen molar-refractivity contribution in [3.05, 3.63) is 71.3 Å². The van der Waals surface area contributed by atoms with Gasteiger partial charge < -0.3 is 16.2 Å². The molecule has 3 rings (SSSR count). The van der Waals surface area contributed by atoms with Gasteiger partial charge in [0.15, 0.2) is 0 Å². The molecule has 130 valence electrons. The van der Waals surface area contributed by atoms with Gasteiger partial charge in [0.05, 0.1) is 12.2 Å². The molecular formula is C18H18F2N4O. The SMILES string of the molecule is NC(N)=NN=C1C[C@@H](c2ccc(F)cc2)O[C@@H](c2ccc(F)cc2)C1. The zero-order valence-corrected chi connectivity index (χ0v) is 13.4. The Kier molecular flexibility index (Phi) is 5.04. The Balaban J connectivity index is 1.90. The average molecular weight is 344 g/mol. The lowest BCUT2D eigenvalue weighted by Crippen LogP contribution is -2.25. The molecule has 2 aromatic rings. The van der Waals surface area contributed by atoms with Crippen molar-refractivity contribution in [2.24, 2.45) is 21.7 Å². The van der Waals surface area contributed by atoms with Gasteiger partial charge in [0.2, 0.25) is 5.96 Å². The van der Waals surface area contributed by atoms with E-state index in [-0.39, 0.29) is 29.8 Å². The van der Waals surface area contributed by atoms with Gasteiger partial charge >= 0.3 is 0 Å². The minimum Gasteiger partial charge on any atom is -0.369 e. The van der Waals surface area contributed by atoms with E-state index in [1.165, 1.54) is 24.3 Å². The van der Waals surface area contributed by atoms with Crippen LogP contribution in [0.5, 0.6) is 0 Å². The van der Waals surface area contributed by atoms with Gasteiger partial charge in [-0.25, -0.2) is 8.78 Å². The van der Waals surface area contributed by atoms with Crippen molar-refractivity contribution in [2.45, 2.75) is 25.0 Å². The maximum atomic E-state index is 13.2. The third kappa shape index (κ3) is 4.39. The molecule has 2 aromatic carbocycles. The maximum absolute atomic E-state index is 13.2. The third-order valence-electron chi connectivity index (χ3n) is 3.96. The normalized spacial score (nSPS) is 21.9. The first-order valence-electron chi connectivity index (χ1n) is 7.82. The first-order valence-corrected chi connectivity index (χ1v) is 7.82. The molecule has 1 saturated heterocycles. The van der Waals surface area contributed by atoms with Crippen molar-refractivity contribution in [1.82, 2.24) is 0 Å². The van der Waals surface area contributed by atoms with E-state index < -0.39 is 0 Å². The highest BCUT2D eigenvalue weighted by molar-refractivity contribution is 5.87. The predicted molar refractivity (Wildman–Crippen MR) is 91.8 cm³/mol. The monoisotopic (exact) mass is 344 g/mol. The molecule has 1 aliphatic rings. The number of ether oxygens (including phenoxy) is 1. The van der Waals surface area contributed by atoms with Gasteiger partial charge in [-0.15, -0.1) is 5.10 Å². The van der Waals surface area contributed by atoms with Crippen LogP contribution in [-0.2, 0) is 4.74 Å². The summed E-state index contributed by atoms with van der Waals surface area (Å²) in [4.78, 5) is 0. The summed E-state index contributed by atoms with van der Waals surface area (Å²) in [5, 5.41) is 7.81. The van der Waals surface area contributed by atoms with E-state index in [0.29, 0.717) is 12.8 Å². The quantitative estimate of drug-likeness (QED) is 0.509. The molecule has 4 N–H and O–H groups in total. The lowest BCUT2D eigenvalue weighted by atomic mass is 9.93. The summed E-state index contributed by atoms with van der Waals surface area (Å²) in [6.45, 7) is 0. The molecule has 2 atom stereocenters. The fraction of sp³-hybridized carbons (Fsp3) is 0.222. The van der Waals surface area contributed by atoms with Crippen LogP contribution in [0.4, 0.5) is 8.78 Å². The number of hydrogen-bond donors (Lipinski definition) is 2. The second-order valence-corrected chi connectivity index (χ2v) is 5.82. The zero-order chi connectivity index (χ0) is 17.8. The van der Waals surface area contributed by atoms with E-state index in [2.05, 4.69) is 10.2 Å². The largest absolute Gasteiger partial charge is 0.369 e. The summed E-state index contributed by atoms with van der Waals surface area (Å²) in [6, 6.07) is 12.2. The standard InChI is InChI=1S/C18H18F2N4O/c19-13-5-1-11(2-6-13)16-9-15(23-24-18(21)22)10-17(25-16)12-3-7-14(20)8-4-12/h1-8,16-17H,9-10H2,(H4,21,22,24)/t16-,17+. The number of nitrogens with zero attached hydrogens (tertiary/aromatic N) is 2. The summed E-state index contributed by atoms with van der Waals surface area (Å²) in [6.07, 6.45) is 0.329. The second-order valence-electron chi connectivity index (χ2n) is 5.82. The van der Waals surface area contributed by atoms with Crippen LogP contribution < -0.4 is 11.5 Å². The van der Waals surface area contributed by atoms with Crippen LogP contribution in [0.25, 0.3) is 0 Å². The number of halogens is 2. The van der Waals surface area contributed by atoms with Crippen LogP contribution in [-0.4, -0.2) is 11.7 Å². The molecule has 5 nitrogen and oxygen atoms in total. The smallest absolute Gasteiger partial charge is 0.211 e. The van der Waals surface area contributed by atoms with Crippen LogP contribution in [0.15, 0.2) is 58.7 Å². The van der Waals surface area contributed by atoms with Crippen molar-refractivity contribution in [3.8, 4) is 0 Å². The second kappa shape index (κ2) is 7.40. The molecule has 0 aromatic heterocycles. The van der Waals surface area contributed by atoms with Crippen LogP contribution in [0.3, 0.4) is 0 Å². The van der Waals surface area contributed by atoms with Crippen molar-refractivity contribution in [2.75, 3.05) is 0 Å². The minimum atomic E-state index is -0.322. The number of benzene rings is 2. The van der Waals surface area contributed by atoms with Gasteiger partial charge in [-0.2, -0.15) is 5.10 Å². The highest BCUT2D eigenvalue weighted by Crippen LogP contribution is 2.37.